The van der Waals surface area contributed by atoms with Crippen molar-refractivity contribution in [1.82, 2.24) is 0 Å². The molecule has 0 N–H and O–H groups in total. The molecule has 4 heteroatoms. The van der Waals surface area contributed by atoms with Gasteiger partial charge < -0.3 is 0 Å². The van der Waals surface area contributed by atoms with Crippen LogP contribution in [0.4, 0.5) is 0 Å². The fraction of sp³-hybridized carbons (Fsp3) is 1.00. The van der Waals surface area contributed by atoms with Crippen LogP contribution < -0.4 is 0 Å². The van der Waals surface area contributed by atoms with Crippen LogP contribution in [0.5, 0.6) is 0 Å². The predicted molar refractivity (Wildman–Crippen MR) is 47.6 cm³/mol. The van der Waals surface area contributed by atoms with E-state index in [-0.39, 0.29) is 11.5 Å². The van der Waals surface area contributed by atoms with Crippen LogP contribution >= 0.6 is 0 Å². The number of rotatable bonds is 0. The lowest BCUT2D eigenvalue weighted by atomic mass is 9.73. The predicted octanol–water partition coefficient (Wildman–Crippen LogP) is 1.81. The summed E-state index contributed by atoms with van der Waals surface area (Å²) in [5.41, 5.74) is -0.531. The van der Waals surface area contributed by atoms with E-state index in [1.807, 2.05) is 34.6 Å². The Hall–Kier alpha value is 0.0700. The third-order valence-corrected chi connectivity index (χ3v) is 4.07. The van der Waals surface area contributed by atoms with Gasteiger partial charge in [0.05, 0.1) is 11.7 Å². The molecule has 0 aromatic carbocycles. The van der Waals surface area contributed by atoms with Gasteiger partial charge in [0.2, 0.25) is 0 Å². The molecule has 0 spiro atoms. The zero-order chi connectivity index (χ0) is 9.57. The van der Waals surface area contributed by atoms with Crippen LogP contribution in [0.3, 0.4) is 0 Å². The van der Waals surface area contributed by atoms with Gasteiger partial charge in [-0.05, 0) is 20.8 Å². The summed E-state index contributed by atoms with van der Waals surface area (Å²) in [4.78, 5) is 0. The Labute approximate surface area is 76.3 Å². The molecule has 0 aromatic heterocycles. The Morgan fingerprint density at radius 2 is 1.75 bits per heavy atom. The van der Waals surface area contributed by atoms with Crippen molar-refractivity contribution in [1.29, 1.82) is 0 Å². The third kappa shape index (κ3) is 1.43. The molecule has 0 unspecified atom stereocenters. The molecule has 72 valence electrons. The monoisotopic (exact) mass is 192 g/mol. The molecule has 1 aliphatic heterocycles. The summed E-state index contributed by atoms with van der Waals surface area (Å²) in [6.45, 7) is 9.89. The van der Waals surface area contributed by atoms with Crippen LogP contribution in [0.25, 0.3) is 0 Å². The average molecular weight is 192 g/mol. The maximum atomic E-state index is 11.0. The van der Waals surface area contributed by atoms with Crippen molar-refractivity contribution in [3.05, 3.63) is 0 Å². The van der Waals surface area contributed by atoms with Gasteiger partial charge in [-0.15, -0.1) is 0 Å². The summed E-state index contributed by atoms with van der Waals surface area (Å²) in [6, 6.07) is 0. The Bertz CT molecular complexity index is 210. The molecule has 12 heavy (non-hydrogen) atoms. The normalized spacial score (nSPS) is 39.4. The van der Waals surface area contributed by atoms with Crippen molar-refractivity contribution in [2.24, 2.45) is 5.41 Å². The van der Waals surface area contributed by atoms with E-state index in [4.69, 9.17) is 8.37 Å². The van der Waals surface area contributed by atoms with E-state index in [1.54, 1.807) is 0 Å². The van der Waals surface area contributed by atoms with Crippen LogP contribution in [0.1, 0.15) is 34.6 Å². The molecular weight excluding hydrogens is 176 g/mol. The van der Waals surface area contributed by atoms with Crippen LogP contribution in [0, 0.1) is 5.41 Å². The van der Waals surface area contributed by atoms with E-state index < -0.39 is 17.0 Å². The lowest BCUT2D eigenvalue weighted by Crippen LogP contribution is -2.53. The first-order valence-corrected chi connectivity index (χ1v) is 5.06. The summed E-state index contributed by atoms with van der Waals surface area (Å²) in [6.07, 6.45) is -0.0536. The highest BCUT2D eigenvalue weighted by Crippen LogP contribution is 2.42. The Balaban J connectivity index is 2.94. The van der Waals surface area contributed by atoms with Gasteiger partial charge >= 0.3 is 11.4 Å². The SMILES string of the molecule is C[C@@H]1O[S@@](=O)OC(C)(C)C1(C)C. The van der Waals surface area contributed by atoms with Crippen molar-refractivity contribution in [3.8, 4) is 0 Å². The van der Waals surface area contributed by atoms with E-state index in [2.05, 4.69) is 0 Å². The largest absolute Gasteiger partial charge is 0.305 e. The van der Waals surface area contributed by atoms with Gasteiger partial charge in [-0.25, -0.2) is 0 Å². The second kappa shape index (κ2) is 2.79. The van der Waals surface area contributed by atoms with Crippen LogP contribution in [0.15, 0.2) is 0 Å². The molecule has 2 atom stereocenters. The highest BCUT2D eigenvalue weighted by atomic mass is 32.2. The highest BCUT2D eigenvalue weighted by molar-refractivity contribution is 7.75. The Morgan fingerprint density at radius 1 is 1.25 bits per heavy atom. The molecule has 0 saturated carbocycles. The van der Waals surface area contributed by atoms with Gasteiger partial charge in [0.15, 0.2) is 0 Å². The zero-order valence-electron chi connectivity index (χ0n) is 8.21. The summed E-state index contributed by atoms with van der Waals surface area (Å²) >= 11 is -1.59. The summed E-state index contributed by atoms with van der Waals surface area (Å²) < 4.78 is 21.3. The molecule has 0 bridgehead atoms. The fourth-order valence-electron chi connectivity index (χ4n) is 1.02. The van der Waals surface area contributed by atoms with Gasteiger partial charge in [-0.2, -0.15) is 4.21 Å². The van der Waals surface area contributed by atoms with E-state index >= 15 is 0 Å². The first-order chi connectivity index (χ1) is 5.27. The van der Waals surface area contributed by atoms with E-state index in [0.717, 1.165) is 0 Å². The first-order valence-electron chi connectivity index (χ1n) is 4.06. The van der Waals surface area contributed by atoms with Gasteiger partial charge in [0, 0.05) is 5.41 Å². The quantitative estimate of drug-likeness (QED) is 0.587. The summed E-state index contributed by atoms with van der Waals surface area (Å²) in [5, 5.41) is 0. The number of hydrogen-bond donors (Lipinski definition) is 0. The van der Waals surface area contributed by atoms with E-state index in [0.29, 0.717) is 0 Å². The van der Waals surface area contributed by atoms with Crippen molar-refractivity contribution >= 4 is 11.4 Å². The summed E-state index contributed by atoms with van der Waals surface area (Å²) in [5.74, 6) is 0. The zero-order valence-corrected chi connectivity index (χ0v) is 9.03. The molecule has 1 fully saturated rings. The minimum absolute atomic E-state index is 0.0536. The Kier molecular flexibility index (Phi) is 2.36. The molecule has 3 nitrogen and oxygen atoms in total. The average Bonchev–Trinajstić information content (AvgIpc) is 1.82. The second-order valence-electron chi connectivity index (χ2n) is 4.26. The number of hydrogen-bond acceptors (Lipinski definition) is 3. The molecular formula is C8H16O3S. The molecule has 1 heterocycles. The third-order valence-electron chi connectivity index (χ3n) is 3.07. The van der Waals surface area contributed by atoms with Crippen molar-refractivity contribution in [3.63, 3.8) is 0 Å². The molecule has 0 aliphatic carbocycles. The molecule has 1 aliphatic rings. The smallest absolute Gasteiger partial charge is 0.265 e. The standard InChI is InChI=1S/C8H16O3S/c1-6-7(2,3)8(4,5)11-12(9)10-6/h6H,1-5H3/t6-,12+/m0/s1. The van der Waals surface area contributed by atoms with Crippen molar-refractivity contribution in [2.45, 2.75) is 46.3 Å². The molecule has 1 rings (SSSR count). The minimum Gasteiger partial charge on any atom is -0.265 e. The molecule has 0 radical (unpaired) electrons. The van der Waals surface area contributed by atoms with Crippen LogP contribution in [0.2, 0.25) is 0 Å². The van der Waals surface area contributed by atoms with Crippen molar-refractivity contribution in [2.75, 3.05) is 0 Å². The van der Waals surface area contributed by atoms with E-state index in [9.17, 15) is 4.21 Å². The van der Waals surface area contributed by atoms with Gasteiger partial charge in [-0.3, -0.25) is 8.37 Å². The highest BCUT2D eigenvalue weighted by Gasteiger charge is 2.49. The second-order valence-corrected chi connectivity index (χ2v) is 5.03. The summed E-state index contributed by atoms with van der Waals surface area (Å²) in [7, 11) is 0. The van der Waals surface area contributed by atoms with Crippen LogP contribution in [-0.2, 0) is 19.7 Å². The molecule has 1 saturated heterocycles. The first kappa shape index (κ1) is 10.2. The van der Waals surface area contributed by atoms with E-state index in [1.165, 1.54) is 0 Å². The molecule has 0 aromatic rings. The lowest BCUT2D eigenvalue weighted by Gasteiger charge is -2.47. The topological polar surface area (TPSA) is 35.5 Å². The van der Waals surface area contributed by atoms with Crippen LogP contribution in [-0.4, -0.2) is 15.9 Å². The lowest BCUT2D eigenvalue weighted by molar-refractivity contribution is -0.105. The maximum Gasteiger partial charge on any atom is 0.305 e. The fourth-order valence-corrected chi connectivity index (χ4v) is 2.10. The van der Waals surface area contributed by atoms with Crippen molar-refractivity contribution < 1.29 is 12.6 Å². The van der Waals surface area contributed by atoms with Gasteiger partial charge in [0.1, 0.15) is 0 Å². The Morgan fingerprint density at radius 3 is 2.17 bits per heavy atom. The maximum absolute atomic E-state index is 11.0. The van der Waals surface area contributed by atoms with Gasteiger partial charge in [0.25, 0.3) is 0 Å². The minimum atomic E-state index is -1.59. The molecule has 0 amide bonds. The van der Waals surface area contributed by atoms with Gasteiger partial charge in [-0.1, -0.05) is 13.8 Å².